The summed E-state index contributed by atoms with van der Waals surface area (Å²) in [6.07, 6.45) is 2.63. The summed E-state index contributed by atoms with van der Waals surface area (Å²) in [7, 11) is 0. The van der Waals surface area contributed by atoms with Gasteiger partial charge in [0.15, 0.2) is 5.69 Å². The lowest BCUT2D eigenvalue weighted by Gasteiger charge is -2.22. The topological polar surface area (TPSA) is 101 Å². The van der Waals surface area contributed by atoms with Crippen LogP contribution in [-0.2, 0) is 0 Å². The van der Waals surface area contributed by atoms with Gasteiger partial charge < -0.3 is 20.5 Å². The Morgan fingerprint density at radius 2 is 2.12 bits per heavy atom. The zero-order chi connectivity index (χ0) is 18.4. The highest BCUT2D eigenvalue weighted by atomic mass is 19.1. The molecule has 1 amide bonds. The number of piperidine rings is 1. The van der Waals surface area contributed by atoms with E-state index in [4.69, 9.17) is 4.74 Å². The van der Waals surface area contributed by atoms with Crippen LogP contribution in [0.2, 0.25) is 0 Å². The Kier molecular flexibility index (Phi) is 6.13. The number of amides is 1. The number of aliphatic hydroxyl groups excluding tert-OH is 1. The number of hydrogen-bond donors (Lipinski definition) is 3. The molecule has 0 aliphatic carbocycles. The molecule has 3 N–H and O–H groups in total. The average Bonchev–Trinajstić information content (AvgIpc) is 3.17. The average molecular weight is 363 g/mol. The van der Waals surface area contributed by atoms with Crippen LogP contribution < -0.4 is 15.4 Å². The van der Waals surface area contributed by atoms with Crippen molar-refractivity contribution in [2.45, 2.75) is 25.0 Å². The summed E-state index contributed by atoms with van der Waals surface area (Å²) in [5.41, 5.74) is 0.218. The Bertz CT molecular complexity index is 715. The zero-order valence-electron chi connectivity index (χ0n) is 14.3. The molecule has 1 unspecified atom stereocenters. The molecule has 140 valence electrons. The standard InChI is InChI=1S/C17H22FN5O3/c18-12-1-3-15(4-2-12)26-11-14(24)9-20-17(25)16-10-23(22-21-16)13-5-7-19-8-6-13/h1-4,10,13-14,19,24H,5-9,11H2,(H,20,25). The zero-order valence-corrected chi connectivity index (χ0v) is 14.3. The maximum atomic E-state index is 12.8. The van der Waals surface area contributed by atoms with Crippen LogP contribution >= 0.6 is 0 Å². The van der Waals surface area contributed by atoms with Crippen LogP contribution in [0.1, 0.15) is 29.4 Å². The van der Waals surface area contributed by atoms with Crippen molar-refractivity contribution in [3.63, 3.8) is 0 Å². The molecule has 1 fully saturated rings. The summed E-state index contributed by atoms with van der Waals surface area (Å²) < 4.78 is 19.9. The highest BCUT2D eigenvalue weighted by molar-refractivity contribution is 5.91. The summed E-state index contributed by atoms with van der Waals surface area (Å²) in [6.45, 7) is 1.84. The van der Waals surface area contributed by atoms with Crippen molar-refractivity contribution in [3.05, 3.63) is 42.0 Å². The van der Waals surface area contributed by atoms with Crippen LogP contribution in [-0.4, -0.2) is 58.4 Å². The number of nitrogens with zero attached hydrogens (tertiary/aromatic N) is 3. The quantitative estimate of drug-likeness (QED) is 0.663. The summed E-state index contributed by atoms with van der Waals surface area (Å²) in [6, 6.07) is 5.74. The molecule has 1 aliphatic heterocycles. The van der Waals surface area contributed by atoms with E-state index in [2.05, 4.69) is 20.9 Å². The number of aromatic nitrogens is 3. The fraction of sp³-hybridized carbons (Fsp3) is 0.471. The van der Waals surface area contributed by atoms with E-state index >= 15 is 0 Å². The molecule has 8 nitrogen and oxygen atoms in total. The van der Waals surface area contributed by atoms with Crippen LogP contribution in [0.25, 0.3) is 0 Å². The fourth-order valence-corrected chi connectivity index (χ4v) is 2.71. The Morgan fingerprint density at radius 1 is 1.38 bits per heavy atom. The lowest BCUT2D eigenvalue weighted by Crippen LogP contribution is -2.35. The molecule has 2 aromatic rings. The van der Waals surface area contributed by atoms with Crippen molar-refractivity contribution in [1.82, 2.24) is 25.6 Å². The molecule has 0 spiro atoms. The number of hydrogen-bond acceptors (Lipinski definition) is 6. The normalized spacial score (nSPS) is 16.2. The Hall–Kier alpha value is -2.52. The molecule has 3 rings (SSSR count). The molecular weight excluding hydrogens is 341 g/mol. The molecule has 2 heterocycles. The number of ether oxygens (including phenoxy) is 1. The van der Waals surface area contributed by atoms with Gasteiger partial charge in [-0.1, -0.05) is 5.21 Å². The van der Waals surface area contributed by atoms with Gasteiger partial charge in [0.1, 0.15) is 24.3 Å². The van der Waals surface area contributed by atoms with Crippen LogP contribution in [0.3, 0.4) is 0 Å². The third-order valence-corrected chi connectivity index (χ3v) is 4.18. The maximum Gasteiger partial charge on any atom is 0.273 e. The van der Waals surface area contributed by atoms with Gasteiger partial charge >= 0.3 is 0 Å². The number of halogens is 1. The summed E-state index contributed by atoms with van der Waals surface area (Å²) >= 11 is 0. The lowest BCUT2D eigenvalue weighted by atomic mass is 10.1. The first-order valence-corrected chi connectivity index (χ1v) is 8.59. The van der Waals surface area contributed by atoms with Crippen molar-refractivity contribution in [2.75, 3.05) is 26.2 Å². The van der Waals surface area contributed by atoms with Gasteiger partial charge in [0.05, 0.1) is 12.2 Å². The molecule has 1 atom stereocenters. The molecule has 0 saturated carbocycles. The van der Waals surface area contributed by atoms with Crippen molar-refractivity contribution >= 4 is 5.91 Å². The minimum atomic E-state index is -0.900. The second-order valence-corrected chi connectivity index (χ2v) is 6.19. The van der Waals surface area contributed by atoms with E-state index in [0.29, 0.717) is 5.75 Å². The van der Waals surface area contributed by atoms with Gasteiger partial charge in [0.2, 0.25) is 0 Å². The van der Waals surface area contributed by atoms with Crippen molar-refractivity contribution in [1.29, 1.82) is 0 Å². The monoisotopic (exact) mass is 363 g/mol. The number of rotatable bonds is 7. The maximum absolute atomic E-state index is 12.8. The first-order valence-electron chi connectivity index (χ1n) is 8.59. The lowest BCUT2D eigenvalue weighted by molar-refractivity contribution is 0.0839. The molecular formula is C17H22FN5O3. The van der Waals surface area contributed by atoms with Gasteiger partial charge in [-0.15, -0.1) is 5.10 Å². The van der Waals surface area contributed by atoms with Crippen LogP contribution in [0.15, 0.2) is 30.5 Å². The fourth-order valence-electron chi connectivity index (χ4n) is 2.71. The molecule has 0 radical (unpaired) electrons. The molecule has 1 saturated heterocycles. The van der Waals surface area contributed by atoms with Crippen LogP contribution in [0.4, 0.5) is 4.39 Å². The molecule has 1 aliphatic rings. The Morgan fingerprint density at radius 3 is 2.85 bits per heavy atom. The highest BCUT2D eigenvalue weighted by Gasteiger charge is 2.19. The van der Waals surface area contributed by atoms with E-state index in [1.54, 1.807) is 10.9 Å². The van der Waals surface area contributed by atoms with Crippen molar-refractivity contribution in [3.8, 4) is 5.75 Å². The predicted octanol–water partition coefficient (Wildman–Crippen LogP) is 0.511. The third kappa shape index (κ3) is 4.99. The number of nitrogens with one attached hydrogen (secondary N) is 2. The smallest absolute Gasteiger partial charge is 0.273 e. The van der Waals surface area contributed by atoms with Crippen molar-refractivity contribution < 1.29 is 19.0 Å². The Balaban J connectivity index is 1.43. The van der Waals surface area contributed by atoms with Gasteiger partial charge in [-0.3, -0.25) is 4.79 Å². The number of carbonyl (C=O) groups excluding carboxylic acids is 1. The van der Waals surface area contributed by atoms with Crippen molar-refractivity contribution in [2.24, 2.45) is 0 Å². The summed E-state index contributed by atoms with van der Waals surface area (Å²) in [5.74, 6) is -0.310. The van der Waals surface area contributed by atoms with Gasteiger partial charge in [0, 0.05) is 6.54 Å². The Labute approximate surface area is 150 Å². The molecule has 9 heteroatoms. The number of carbonyl (C=O) groups is 1. The first-order chi connectivity index (χ1) is 12.6. The summed E-state index contributed by atoms with van der Waals surface area (Å²) in [4.78, 5) is 12.1. The van der Waals surface area contributed by atoms with Gasteiger partial charge in [-0.25, -0.2) is 9.07 Å². The molecule has 26 heavy (non-hydrogen) atoms. The van der Waals surface area contributed by atoms with E-state index in [-0.39, 0.29) is 30.7 Å². The van der Waals surface area contributed by atoms with Gasteiger partial charge in [-0.2, -0.15) is 0 Å². The molecule has 1 aromatic heterocycles. The third-order valence-electron chi connectivity index (χ3n) is 4.18. The summed E-state index contributed by atoms with van der Waals surface area (Å²) in [5, 5.41) is 23.7. The minimum Gasteiger partial charge on any atom is -0.491 e. The molecule has 1 aromatic carbocycles. The van der Waals surface area contributed by atoms with Gasteiger partial charge in [-0.05, 0) is 50.2 Å². The van der Waals surface area contributed by atoms with E-state index in [0.717, 1.165) is 25.9 Å². The highest BCUT2D eigenvalue weighted by Crippen LogP contribution is 2.17. The predicted molar refractivity (Wildman–Crippen MR) is 91.4 cm³/mol. The van der Waals surface area contributed by atoms with Crippen LogP contribution in [0, 0.1) is 5.82 Å². The van der Waals surface area contributed by atoms with E-state index in [1.165, 1.54) is 24.3 Å². The van der Waals surface area contributed by atoms with E-state index in [1.807, 2.05) is 0 Å². The molecule has 0 bridgehead atoms. The van der Waals surface area contributed by atoms with E-state index < -0.39 is 12.0 Å². The van der Waals surface area contributed by atoms with Gasteiger partial charge in [0.25, 0.3) is 5.91 Å². The van der Waals surface area contributed by atoms with E-state index in [9.17, 15) is 14.3 Å². The second kappa shape index (κ2) is 8.72. The first kappa shape index (κ1) is 18.3. The minimum absolute atomic E-state index is 0.0141. The van der Waals surface area contributed by atoms with Crippen LogP contribution in [0.5, 0.6) is 5.75 Å². The number of aliphatic hydroxyl groups is 1. The number of benzene rings is 1. The largest absolute Gasteiger partial charge is 0.491 e. The second-order valence-electron chi connectivity index (χ2n) is 6.19. The SMILES string of the molecule is O=C(NCC(O)COc1ccc(F)cc1)c1cn(C2CCNCC2)nn1.